The van der Waals surface area contributed by atoms with Crippen molar-refractivity contribution in [1.29, 1.82) is 0 Å². The SMILES string of the molecule is Cc1ccc(/C=N/NC(=O)/C(=C/c2cccs2)NC(=O)c2ccccc2)c(O)c1. The summed E-state index contributed by atoms with van der Waals surface area (Å²) < 4.78 is 0. The van der Waals surface area contributed by atoms with E-state index in [0.29, 0.717) is 11.1 Å². The average Bonchev–Trinajstić information content (AvgIpc) is 3.23. The minimum absolute atomic E-state index is 0.0616. The molecule has 0 aliphatic rings. The van der Waals surface area contributed by atoms with E-state index in [1.807, 2.05) is 30.5 Å². The summed E-state index contributed by atoms with van der Waals surface area (Å²) in [5, 5.41) is 18.3. The number of carbonyl (C=O) groups is 2. The van der Waals surface area contributed by atoms with Crippen LogP contribution in [0.2, 0.25) is 0 Å². The number of thiophene rings is 1. The van der Waals surface area contributed by atoms with Gasteiger partial charge in [-0.25, -0.2) is 5.43 Å². The number of phenols is 1. The Morgan fingerprint density at radius 2 is 1.86 bits per heavy atom. The fraction of sp³-hybridized carbons (Fsp3) is 0.0455. The molecule has 146 valence electrons. The number of aromatic hydroxyl groups is 1. The molecule has 0 saturated heterocycles. The molecular weight excluding hydrogens is 386 g/mol. The average molecular weight is 405 g/mol. The zero-order valence-corrected chi connectivity index (χ0v) is 16.4. The summed E-state index contributed by atoms with van der Waals surface area (Å²) >= 11 is 1.44. The van der Waals surface area contributed by atoms with Crippen LogP contribution in [-0.4, -0.2) is 23.1 Å². The molecule has 1 heterocycles. The van der Waals surface area contributed by atoms with E-state index >= 15 is 0 Å². The van der Waals surface area contributed by atoms with Gasteiger partial charge in [0.25, 0.3) is 11.8 Å². The van der Waals surface area contributed by atoms with Crippen molar-refractivity contribution in [1.82, 2.24) is 10.7 Å². The highest BCUT2D eigenvalue weighted by Gasteiger charge is 2.14. The topological polar surface area (TPSA) is 90.8 Å². The Balaban J connectivity index is 1.76. The molecule has 3 aromatic rings. The highest BCUT2D eigenvalue weighted by atomic mass is 32.1. The Kier molecular flexibility index (Phi) is 6.55. The van der Waals surface area contributed by atoms with E-state index in [1.165, 1.54) is 17.6 Å². The number of carbonyl (C=O) groups excluding carboxylic acids is 2. The third-order valence-electron chi connectivity index (χ3n) is 3.91. The zero-order valence-electron chi connectivity index (χ0n) is 15.6. The third kappa shape index (κ3) is 5.63. The number of nitrogens with zero attached hydrogens (tertiary/aromatic N) is 1. The van der Waals surface area contributed by atoms with Crippen LogP contribution >= 0.6 is 11.3 Å². The first-order chi connectivity index (χ1) is 14.0. The maximum atomic E-state index is 12.6. The summed E-state index contributed by atoms with van der Waals surface area (Å²) in [4.78, 5) is 25.9. The molecule has 3 N–H and O–H groups in total. The maximum Gasteiger partial charge on any atom is 0.287 e. The van der Waals surface area contributed by atoms with E-state index < -0.39 is 11.8 Å². The predicted octanol–water partition coefficient (Wildman–Crippen LogP) is 3.68. The molecule has 29 heavy (non-hydrogen) atoms. The fourth-order valence-electron chi connectivity index (χ4n) is 2.44. The maximum absolute atomic E-state index is 12.6. The second kappa shape index (κ2) is 9.48. The van der Waals surface area contributed by atoms with Gasteiger partial charge in [0.2, 0.25) is 0 Å². The van der Waals surface area contributed by atoms with Crippen molar-refractivity contribution >= 4 is 35.4 Å². The van der Waals surface area contributed by atoms with E-state index in [1.54, 1.807) is 48.5 Å². The molecule has 0 unspecified atom stereocenters. The Labute approximate surface area is 172 Å². The Hall–Kier alpha value is -3.71. The van der Waals surface area contributed by atoms with E-state index in [4.69, 9.17) is 0 Å². The first-order valence-electron chi connectivity index (χ1n) is 8.77. The molecule has 0 atom stereocenters. The number of phenolic OH excluding ortho intramolecular Hbond substituents is 1. The number of rotatable bonds is 6. The lowest BCUT2D eigenvalue weighted by Gasteiger charge is -2.08. The molecule has 6 nitrogen and oxygen atoms in total. The fourth-order valence-corrected chi connectivity index (χ4v) is 3.10. The van der Waals surface area contributed by atoms with Crippen LogP contribution in [0.3, 0.4) is 0 Å². The number of hydrogen-bond acceptors (Lipinski definition) is 5. The standard InChI is InChI=1S/C22H19N3O3S/c1-15-9-10-17(20(26)12-15)14-23-25-22(28)19(13-18-8-5-11-29-18)24-21(27)16-6-3-2-4-7-16/h2-14,26H,1H3,(H,24,27)(H,25,28)/b19-13-,23-14+. The summed E-state index contributed by atoms with van der Waals surface area (Å²) in [7, 11) is 0. The first-order valence-corrected chi connectivity index (χ1v) is 9.65. The van der Waals surface area contributed by atoms with Gasteiger partial charge in [-0.2, -0.15) is 5.10 Å². The Bertz CT molecular complexity index is 1060. The lowest BCUT2D eigenvalue weighted by atomic mass is 10.1. The normalized spacial score (nSPS) is 11.4. The van der Waals surface area contributed by atoms with Gasteiger partial charge >= 0.3 is 0 Å². The lowest BCUT2D eigenvalue weighted by Crippen LogP contribution is -2.32. The highest BCUT2D eigenvalue weighted by Crippen LogP contribution is 2.16. The number of aryl methyl sites for hydroxylation is 1. The smallest absolute Gasteiger partial charge is 0.287 e. The van der Waals surface area contributed by atoms with E-state index in [9.17, 15) is 14.7 Å². The van der Waals surface area contributed by atoms with Gasteiger partial charge in [0.1, 0.15) is 11.4 Å². The molecule has 0 radical (unpaired) electrons. The molecule has 3 rings (SSSR count). The summed E-state index contributed by atoms with van der Waals surface area (Å²) in [5.41, 5.74) is 4.26. The summed E-state index contributed by atoms with van der Waals surface area (Å²) in [6.45, 7) is 1.86. The van der Waals surface area contributed by atoms with Gasteiger partial charge in [0, 0.05) is 16.0 Å². The van der Waals surface area contributed by atoms with E-state index in [0.717, 1.165) is 10.4 Å². The third-order valence-corrected chi connectivity index (χ3v) is 4.73. The Morgan fingerprint density at radius 3 is 2.55 bits per heavy atom. The van der Waals surface area contributed by atoms with Crippen molar-refractivity contribution < 1.29 is 14.7 Å². The molecule has 0 aliphatic heterocycles. The summed E-state index contributed by atoms with van der Waals surface area (Å²) in [5.74, 6) is -0.913. The lowest BCUT2D eigenvalue weighted by molar-refractivity contribution is -0.117. The van der Waals surface area contributed by atoms with Gasteiger partial charge in [-0.1, -0.05) is 30.3 Å². The van der Waals surface area contributed by atoms with Crippen LogP contribution in [0.15, 0.2) is 76.8 Å². The highest BCUT2D eigenvalue weighted by molar-refractivity contribution is 7.10. The Morgan fingerprint density at radius 1 is 1.07 bits per heavy atom. The van der Waals surface area contributed by atoms with Crippen LogP contribution in [0.1, 0.15) is 26.4 Å². The van der Waals surface area contributed by atoms with Crippen molar-refractivity contribution in [3.05, 3.63) is 93.3 Å². The largest absolute Gasteiger partial charge is 0.507 e. The monoisotopic (exact) mass is 405 g/mol. The first kappa shape index (κ1) is 20.0. The van der Waals surface area contributed by atoms with Crippen LogP contribution < -0.4 is 10.7 Å². The van der Waals surface area contributed by atoms with E-state index in [2.05, 4.69) is 15.8 Å². The van der Waals surface area contributed by atoms with Crippen molar-refractivity contribution in [3.8, 4) is 5.75 Å². The van der Waals surface area contributed by atoms with Gasteiger partial charge in [-0.15, -0.1) is 11.3 Å². The van der Waals surface area contributed by atoms with E-state index in [-0.39, 0.29) is 11.4 Å². The van der Waals surface area contributed by atoms with Crippen LogP contribution in [0.4, 0.5) is 0 Å². The molecule has 7 heteroatoms. The van der Waals surface area contributed by atoms with Crippen LogP contribution in [0, 0.1) is 6.92 Å². The summed E-state index contributed by atoms with van der Waals surface area (Å²) in [6, 6.07) is 17.4. The van der Waals surface area contributed by atoms with Crippen molar-refractivity contribution in [2.24, 2.45) is 5.10 Å². The molecule has 2 aromatic carbocycles. The van der Waals surface area contributed by atoms with Crippen LogP contribution in [0.5, 0.6) is 5.75 Å². The van der Waals surface area contributed by atoms with Crippen LogP contribution in [0.25, 0.3) is 6.08 Å². The molecule has 0 bridgehead atoms. The second-order valence-corrected chi connectivity index (χ2v) is 7.13. The number of nitrogens with one attached hydrogen (secondary N) is 2. The zero-order chi connectivity index (χ0) is 20.6. The molecule has 1 aromatic heterocycles. The summed E-state index contributed by atoms with van der Waals surface area (Å²) in [6.07, 6.45) is 2.92. The van der Waals surface area contributed by atoms with Gasteiger partial charge < -0.3 is 10.4 Å². The molecule has 2 amide bonds. The quantitative estimate of drug-likeness (QED) is 0.332. The molecule has 0 saturated carbocycles. The van der Waals surface area contributed by atoms with Crippen molar-refractivity contribution in [2.45, 2.75) is 6.92 Å². The molecular formula is C22H19N3O3S. The van der Waals surface area contributed by atoms with Crippen LogP contribution in [-0.2, 0) is 4.79 Å². The minimum Gasteiger partial charge on any atom is -0.507 e. The van der Waals surface area contributed by atoms with Gasteiger partial charge in [0.05, 0.1) is 6.21 Å². The predicted molar refractivity (Wildman–Crippen MR) is 115 cm³/mol. The molecule has 0 spiro atoms. The number of hydrogen-bond donors (Lipinski definition) is 3. The minimum atomic E-state index is -0.578. The van der Waals surface area contributed by atoms with Crippen molar-refractivity contribution in [2.75, 3.05) is 0 Å². The van der Waals surface area contributed by atoms with Gasteiger partial charge in [-0.05, 0) is 54.3 Å². The molecule has 0 fully saturated rings. The van der Waals surface area contributed by atoms with Gasteiger partial charge in [-0.3, -0.25) is 9.59 Å². The second-order valence-electron chi connectivity index (χ2n) is 6.15. The number of hydrazone groups is 1. The van der Waals surface area contributed by atoms with Gasteiger partial charge in [0.15, 0.2) is 0 Å². The number of benzene rings is 2. The molecule has 0 aliphatic carbocycles. The number of amides is 2. The van der Waals surface area contributed by atoms with Crippen molar-refractivity contribution in [3.63, 3.8) is 0 Å².